The highest BCUT2D eigenvalue weighted by Gasteiger charge is 2.05. The van der Waals surface area contributed by atoms with E-state index in [1.807, 2.05) is 34.7 Å². The Morgan fingerprint density at radius 3 is 2.32 bits per heavy atom. The monoisotopic (exact) mass is 280 g/mol. The summed E-state index contributed by atoms with van der Waals surface area (Å²) in [6.45, 7) is 15.1. The van der Waals surface area contributed by atoms with Crippen LogP contribution in [0.1, 0.15) is 27.7 Å². The van der Waals surface area contributed by atoms with Crippen LogP contribution >= 0.6 is 11.8 Å². The molecule has 4 heteroatoms. The number of aliphatic imine (C=N–C) groups is 1. The lowest BCUT2D eigenvalue weighted by Crippen LogP contribution is -2.16. The van der Waals surface area contributed by atoms with E-state index in [0.29, 0.717) is 0 Å². The third-order valence-corrected chi connectivity index (χ3v) is 3.42. The molecule has 106 valence electrons. The first kappa shape index (κ1) is 17.6. The average Bonchev–Trinajstić information content (AvgIpc) is 2.27. The maximum absolute atomic E-state index is 9.05. The first-order valence-corrected chi connectivity index (χ1v) is 7.05. The number of allylic oxidation sites excluding steroid dienone is 4. The predicted molar refractivity (Wildman–Crippen MR) is 87.4 cm³/mol. The van der Waals surface area contributed by atoms with Gasteiger partial charge in [0.25, 0.3) is 0 Å². The topological polar surface area (TPSA) is 35.8 Å². The molecule has 0 aliphatic heterocycles. The van der Waals surface area contributed by atoms with Gasteiger partial charge in [0.1, 0.15) is 5.76 Å². The van der Waals surface area contributed by atoms with Crippen molar-refractivity contribution in [1.82, 2.24) is 4.90 Å². The molecule has 3 nitrogen and oxygen atoms in total. The van der Waals surface area contributed by atoms with E-state index in [9.17, 15) is 0 Å². The number of hydrogen-bond donors (Lipinski definition) is 1. The molecular weight excluding hydrogens is 256 g/mol. The lowest BCUT2D eigenvalue weighted by Gasteiger charge is -2.22. The first-order chi connectivity index (χ1) is 8.77. The summed E-state index contributed by atoms with van der Waals surface area (Å²) in [6, 6.07) is 0. The van der Waals surface area contributed by atoms with Crippen LogP contribution in [-0.4, -0.2) is 27.9 Å². The standard InChI is InChI=1S/C15H24N2OS/c1-8-15(17(7)11(2)3)10-19-14(6)16-12(4)9-13(5)18/h8-9,18H,2,5,10H2,1,3-4,6-7H3/b12-9-,15-8-,16-14?. The van der Waals surface area contributed by atoms with Gasteiger partial charge < -0.3 is 10.0 Å². The first-order valence-electron chi connectivity index (χ1n) is 6.06. The van der Waals surface area contributed by atoms with Crippen molar-refractivity contribution < 1.29 is 5.11 Å². The SMILES string of the molecule is C=C(O)/C=C(/C)N=C(C)SC/C(=C/C)N(C)C(=C)C. The molecule has 0 atom stereocenters. The third-order valence-electron chi connectivity index (χ3n) is 2.47. The van der Waals surface area contributed by atoms with Crippen LogP contribution < -0.4 is 0 Å². The predicted octanol–water partition coefficient (Wildman–Crippen LogP) is 4.48. The minimum atomic E-state index is 0.0233. The molecule has 0 unspecified atom stereocenters. The van der Waals surface area contributed by atoms with Gasteiger partial charge >= 0.3 is 0 Å². The van der Waals surface area contributed by atoms with Gasteiger partial charge in [0.15, 0.2) is 0 Å². The molecule has 0 aromatic rings. The molecule has 19 heavy (non-hydrogen) atoms. The van der Waals surface area contributed by atoms with Gasteiger partial charge in [0, 0.05) is 36.0 Å². The van der Waals surface area contributed by atoms with Crippen LogP contribution in [0.4, 0.5) is 0 Å². The Hall–Kier alpha value is -1.42. The van der Waals surface area contributed by atoms with Crippen LogP contribution in [0.15, 0.2) is 53.2 Å². The highest BCUT2D eigenvalue weighted by molar-refractivity contribution is 8.14. The minimum Gasteiger partial charge on any atom is -0.509 e. The largest absolute Gasteiger partial charge is 0.509 e. The van der Waals surface area contributed by atoms with Crippen LogP contribution in [0.25, 0.3) is 0 Å². The second kappa shape index (κ2) is 8.64. The number of aliphatic hydroxyl groups is 1. The fourth-order valence-corrected chi connectivity index (χ4v) is 2.28. The molecule has 0 rings (SSSR count). The van der Waals surface area contributed by atoms with E-state index < -0.39 is 0 Å². The van der Waals surface area contributed by atoms with Gasteiger partial charge in [-0.3, -0.25) is 4.99 Å². The molecule has 0 heterocycles. The highest BCUT2D eigenvalue weighted by atomic mass is 32.2. The van der Waals surface area contributed by atoms with Crippen molar-refractivity contribution in [3.05, 3.63) is 48.2 Å². The summed E-state index contributed by atoms with van der Waals surface area (Å²) >= 11 is 1.66. The molecule has 0 saturated heterocycles. The van der Waals surface area contributed by atoms with Gasteiger partial charge in [-0.1, -0.05) is 19.2 Å². The van der Waals surface area contributed by atoms with Crippen molar-refractivity contribution in [2.24, 2.45) is 4.99 Å². The van der Waals surface area contributed by atoms with Crippen molar-refractivity contribution in [2.75, 3.05) is 12.8 Å². The van der Waals surface area contributed by atoms with Crippen molar-refractivity contribution >= 4 is 16.8 Å². The van der Waals surface area contributed by atoms with Crippen LogP contribution in [0, 0.1) is 0 Å². The zero-order chi connectivity index (χ0) is 15.0. The normalized spacial score (nSPS) is 13.4. The number of thioether (sulfide) groups is 1. The summed E-state index contributed by atoms with van der Waals surface area (Å²) in [5, 5.41) is 10.0. The molecule has 0 aliphatic rings. The fourth-order valence-electron chi connectivity index (χ4n) is 1.35. The summed E-state index contributed by atoms with van der Waals surface area (Å²) in [6.07, 6.45) is 3.62. The average molecular weight is 280 g/mol. The smallest absolute Gasteiger partial charge is 0.110 e. The molecule has 0 bridgehead atoms. The Bertz CT molecular complexity index is 433. The zero-order valence-electron chi connectivity index (χ0n) is 12.5. The molecule has 0 radical (unpaired) electrons. The highest BCUT2D eigenvalue weighted by Crippen LogP contribution is 2.17. The maximum Gasteiger partial charge on any atom is 0.110 e. The Morgan fingerprint density at radius 1 is 1.32 bits per heavy atom. The van der Waals surface area contributed by atoms with Crippen LogP contribution in [0.2, 0.25) is 0 Å². The lowest BCUT2D eigenvalue weighted by atomic mass is 10.3. The van der Waals surface area contributed by atoms with Gasteiger partial charge in [-0.2, -0.15) is 0 Å². The Kier molecular flexibility index (Phi) is 8.00. The van der Waals surface area contributed by atoms with E-state index in [1.165, 1.54) is 5.70 Å². The van der Waals surface area contributed by atoms with E-state index in [-0.39, 0.29) is 5.76 Å². The number of hydrogen-bond acceptors (Lipinski definition) is 4. The Labute approximate surface area is 121 Å². The summed E-state index contributed by atoms with van der Waals surface area (Å²) in [7, 11) is 2.01. The van der Waals surface area contributed by atoms with E-state index in [4.69, 9.17) is 5.11 Å². The van der Waals surface area contributed by atoms with E-state index in [0.717, 1.165) is 22.2 Å². The Morgan fingerprint density at radius 2 is 1.89 bits per heavy atom. The molecular formula is C15H24N2OS. The van der Waals surface area contributed by atoms with Gasteiger partial charge in [0.05, 0.1) is 5.04 Å². The number of rotatable bonds is 6. The fraction of sp³-hybridized carbons (Fsp3) is 0.400. The summed E-state index contributed by atoms with van der Waals surface area (Å²) in [4.78, 5) is 6.45. The van der Waals surface area contributed by atoms with Gasteiger partial charge in [-0.15, -0.1) is 11.8 Å². The van der Waals surface area contributed by atoms with E-state index >= 15 is 0 Å². The number of nitrogens with zero attached hydrogens (tertiary/aromatic N) is 2. The summed E-state index contributed by atoms with van der Waals surface area (Å²) in [5.74, 6) is 0.859. The van der Waals surface area contributed by atoms with Gasteiger partial charge in [-0.05, 0) is 27.7 Å². The maximum atomic E-state index is 9.05. The second-order valence-electron chi connectivity index (χ2n) is 4.27. The zero-order valence-corrected chi connectivity index (χ0v) is 13.3. The van der Waals surface area contributed by atoms with Crippen LogP contribution in [-0.2, 0) is 0 Å². The molecule has 0 aliphatic carbocycles. The molecule has 0 saturated carbocycles. The van der Waals surface area contributed by atoms with Crippen molar-refractivity contribution in [2.45, 2.75) is 27.7 Å². The van der Waals surface area contributed by atoms with Crippen LogP contribution in [0.3, 0.4) is 0 Å². The Balaban J connectivity index is 4.59. The minimum absolute atomic E-state index is 0.0233. The van der Waals surface area contributed by atoms with Gasteiger partial charge in [-0.25, -0.2) is 0 Å². The number of aliphatic hydroxyl groups excluding tert-OH is 1. The van der Waals surface area contributed by atoms with Crippen molar-refractivity contribution in [3.8, 4) is 0 Å². The molecule has 0 aromatic heterocycles. The molecule has 1 N–H and O–H groups in total. The summed E-state index contributed by atoms with van der Waals surface area (Å²) < 4.78 is 0. The van der Waals surface area contributed by atoms with Crippen molar-refractivity contribution in [1.29, 1.82) is 0 Å². The third kappa shape index (κ3) is 7.57. The molecule has 0 fully saturated rings. The van der Waals surface area contributed by atoms with E-state index in [1.54, 1.807) is 17.8 Å². The molecule has 0 aromatic carbocycles. The second-order valence-corrected chi connectivity index (χ2v) is 5.44. The molecule has 0 amide bonds. The van der Waals surface area contributed by atoms with Gasteiger partial charge in [0.2, 0.25) is 0 Å². The summed E-state index contributed by atoms with van der Waals surface area (Å²) in [5.41, 5.74) is 2.95. The van der Waals surface area contributed by atoms with Crippen molar-refractivity contribution in [3.63, 3.8) is 0 Å². The van der Waals surface area contributed by atoms with Crippen LogP contribution in [0.5, 0.6) is 0 Å². The quantitative estimate of drug-likeness (QED) is 0.337. The lowest BCUT2D eigenvalue weighted by molar-refractivity contribution is 0.434. The molecule has 0 spiro atoms. The van der Waals surface area contributed by atoms with E-state index in [2.05, 4.69) is 29.1 Å².